The molecule has 0 saturated carbocycles. The van der Waals surface area contributed by atoms with E-state index >= 15 is 0 Å². The Morgan fingerprint density at radius 3 is 1.68 bits per heavy atom. The molecular weight excluding hydrogens is 272 g/mol. The number of rotatable bonds is 3. The first kappa shape index (κ1) is 16.2. The highest BCUT2D eigenvalue weighted by Gasteiger charge is 2.28. The molecule has 0 bridgehead atoms. The number of hydrogen-bond donors (Lipinski definition) is 3. The minimum absolute atomic E-state index is 1.20. The van der Waals surface area contributed by atoms with Crippen LogP contribution in [-0.2, 0) is 38.2 Å². The summed E-state index contributed by atoms with van der Waals surface area (Å²) in [6.07, 6.45) is -3.50. The van der Waals surface area contributed by atoms with Crippen molar-refractivity contribution in [1.29, 1.82) is 0 Å². The number of hydrogen-bond acceptors (Lipinski definition) is 9. The third-order valence-corrected chi connectivity index (χ3v) is 1.38. The predicted molar refractivity (Wildman–Crippen MR) is 48.1 cm³/mol. The molecule has 104 valence electrons. The van der Waals surface area contributed by atoms with E-state index in [1.807, 2.05) is 0 Å². The summed E-state index contributed by atoms with van der Waals surface area (Å²) in [6, 6.07) is 0. The molecule has 0 rings (SSSR count). The smallest absolute Gasteiger partial charge is 0.424 e. The van der Waals surface area contributed by atoms with Crippen molar-refractivity contribution < 1.29 is 53.6 Å². The van der Waals surface area contributed by atoms with Gasteiger partial charge >= 0.3 is 35.8 Å². The number of carboxylic acid groups (broad SMARTS) is 2. The maximum absolute atomic E-state index is 10.8. The third kappa shape index (κ3) is 5.88. The van der Waals surface area contributed by atoms with Gasteiger partial charge in [0.1, 0.15) is 0 Å². The number of aliphatic hydroxyl groups excluding tert-OH is 1. The summed E-state index contributed by atoms with van der Waals surface area (Å²) in [5.41, 5.74) is 0. The number of aliphatic carboxylic acids is 2. The van der Waals surface area contributed by atoms with Crippen LogP contribution in [0.3, 0.4) is 0 Å². The quantitative estimate of drug-likeness (QED) is 0.272. The average molecular weight is 278 g/mol. The summed E-state index contributed by atoms with van der Waals surface area (Å²) in [7, 11) is 0. The zero-order valence-electron chi connectivity index (χ0n) is 8.89. The van der Waals surface area contributed by atoms with Crippen LogP contribution < -0.4 is 0 Å². The molecule has 0 spiro atoms. The van der Waals surface area contributed by atoms with Crippen LogP contribution in [0.4, 0.5) is 0 Å². The Morgan fingerprint density at radius 1 is 0.842 bits per heavy atom. The normalized spacial score (nSPS) is 11.0. The van der Waals surface area contributed by atoms with Gasteiger partial charge in [-0.3, -0.25) is 4.79 Å². The van der Waals surface area contributed by atoms with Crippen molar-refractivity contribution in [3.05, 3.63) is 0 Å². The summed E-state index contributed by atoms with van der Waals surface area (Å²) in [4.78, 5) is 62.4. The Balaban J connectivity index is 4.33. The van der Waals surface area contributed by atoms with Gasteiger partial charge in [-0.2, -0.15) is 0 Å². The molecule has 1 atom stereocenters. The molecule has 0 aromatic heterocycles. The molecule has 0 saturated heterocycles. The van der Waals surface area contributed by atoms with Crippen LogP contribution in [0.15, 0.2) is 0 Å². The minimum Gasteiger partial charge on any atom is -0.473 e. The lowest BCUT2D eigenvalue weighted by Crippen LogP contribution is -2.32. The van der Waals surface area contributed by atoms with Gasteiger partial charge in [0.2, 0.25) is 0 Å². The second kappa shape index (κ2) is 6.80. The minimum atomic E-state index is -2.29. The Bertz CT molecular complexity index is 448. The van der Waals surface area contributed by atoms with Crippen LogP contribution in [0.25, 0.3) is 0 Å². The van der Waals surface area contributed by atoms with Gasteiger partial charge in [-0.1, -0.05) is 0 Å². The van der Waals surface area contributed by atoms with Crippen LogP contribution in [-0.4, -0.2) is 57.2 Å². The summed E-state index contributed by atoms with van der Waals surface area (Å²) in [5, 5.41) is 25.1. The second-order valence-electron chi connectivity index (χ2n) is 2.80. The summed E-state index contributed by atoms with van der Waals surface area (Å²) >= 11 is 0. The van der Waals surface area contributed by atoms with E-state index in [1.165, 1.54) is 0 Å². The molecule has 1 unspecified atom stereocenters. The van der Waals surface area contributed by atoms with Crippen molar-refractivity contribution in [3.63, 3.8) is 0 Å². The molecule has 11 heteroatoms. The molecule has 0 aliphatic rings. The van der Waals surface area contributed by atoms with E-state index in [0.29, 0.717) is 0 Å². The molecule has 3 N–H and O–H groups in total. The third-order valence-electron chi connectivity index (χ3n) is 1.38. The van der Waals surface area contributed by atoms with Gasteiger partial charge < -0.3 is 24.8 Å². The first-order valence-corrected chi connectivity index (χ1v) is 4.30. The molecule has 0 aliphatic heterocycles. The van der Waals surface area contributed by atoms with Gasteiger partial charge in [0.25, 0.3) is 0 Å². The molecule has 0 aromatic carbocycles. The molecule has 0 fully saturated rings. The van der Waals surface area contributed by atoms with E-state index in [4.69, 9.17) is 15.3 Å². The van der Waals surface area contributed by atoms with Gasteiger partial charge in [0, 0.05) is 0 Å². The lowest BCUT2D eigenvalue weighted by molar-refractivity contribution is -0.177. The molecule has 0 radical (unpaired) electrons. The van der Waals surface area contributed by atoms with Crippen LogP contribution in [0.1, 0.15) is 6.42 Å². The summed E-state index contributed by atoms with van der Waals surface area (Å²) in [6.45, 7) is 0. The fourth-order valence-electron chi connectivity index (χ4n) is 0.633. The maximum atomic E-state index is 10.8. The van der Waals surface area contributed by atoms with E-state index in [2.05, 4.69) is 9.47 Å². The SMILES string of the molecule is O=C(CC(O)C(=O)OC(=O)C(=O)O)OC(=O)C(=O)O. The van der Waals surface area contributed by atoms with Crippen LogP contribution in [0, 0.1) is 0 Å². The van der Waals surface area contributed by atoms with Crippen LogP contribution >= 0.6 is 0 Å². The van der Waals surface area contributed by atoms with Crippen molar-refractivity contribution in [2.24, 2.45) is 0 Å². The lowest BCUT2D eigenvalue weighted by atomic mass is 10.2. The van der Waals surface area contributed by atoms with Crippen molar-refractivity contribution in [2.75, 3.05) is 0 Å². The Labute approximate surface area is 103 Å². The van der Waals surface area contributed by atoms with E-state index in [1.54, 1.807) is 0 Å². The highest BCUT2D eigenvalue weighted by molar-refractivity contribution is 6.31. The van der Waals surface area contributed by atoms with Gasteiger partial charge in [0.05, 0.1) is 6.42 Å². The molecule has 0 aliphatic carbocycles. The topological polar surface area (TPSA) is 182 Å². The first-order valence-electron chi connectivity index (χ1n) is 4.30. The zero-order chi connectivity index (χ0) is 15.2. The Hall–Kier alpha value is -2.82. The standard InChI is InChI=1S/C8H6O11/c9-2(6(15)19-8(17)5(13)14)1-3(10)18-7(16)4(11)12/h2,9H,1H2,(H,11,12)(H,13,14). The van der Waals surface area contributed by atoms with Crippen molar-refractivity contribution in [1.82, 2.24) is 0 Å². The molecule has 11 nitrogen and oxygen atoms in total. The summed E-state index contributed by atoms with van der Waals surface area (Å²) in [5.74, 6) is -11.5. The predicted octanol–water partition coefficient (Wildman–Crippen LogP) is -2.95. The van der Waals surface area contributed by atoms with Gasteiger partial charge in [0.15, 0.2) is 6.10 Å². The highest BCUT2D eigenvalue weighted by atomic mass is 16.6. The maximum Gasteiger partial charge on any atom is 0.424 e. The van der Waals surface area contributed by atoms with Gasteiger partial charge in [-0.05, 0) is 0 Å². The number of esters is 4. The average Bonchev–Trinajstić information content (AvgIpc) is 2.27. The second-order valence-corrected chi connectivity index (χ2v) is 2.80. The van der Waals surface area contributed by atoms with Crippen LogP contribution in [0.5, 0.6) is 0 Å². The number of ether oxygens (including phenoxy) is 2. The monoisotopic (exact) mass is 278 g/mol. The van der Waals surface area contributed by atoms with Gasteiger partial charge in [-0.15, -0.1) is 0 Å². The zero-order valence-corrected chi connectivity index (χ0v) is 8.89. The Morgan fingerprint density at radius 2 is 1.26 bits per heavy atom. The van der Waals surface area contributed by atoms with Crippen molar-refractivity contribution in [2.45, 2.75) is 12.5 Å². The first-order chi connectivity index (χ1) is 8.65. The molecule has 19 heavy (non-hydrogen) atoms. The fourth-order valence-corrected chi connectivity index (χ4v) is 0.633. The molecule has 0 heterocycles. The molecule has 0 aromatic rings. The van der Waals surface area contributed by atoms with Crippen molar-refractivity contribution in [3.8, 4) is 0 Å². The lowest BCUT2D eigenvalue weighted by Gasteiger charge is -2.06. The fraction of sp³-hybridized carbons (Fsp3) is 0.250. The number of carbonyl (C=O) groups is 6. The number of aliphatic hydroxyl groups is 1. The van der Waals surface area contributed by atoms with E-state index in [0.717, 1.165) is 0 Å². The van der Waals surface area contributed by atoms with E-state index in [9.17, 15) is 28.8 Å². The van der Waals surface area contributed by atoms with Gasteiger partial charge in [-0.25, -0.2) is 24.0 Å². The highest BCUT2D eigenvalue weighted by Crippen LogP contribution is 1.99. The number of carbonyl (C=O) groups excluding carboxylic acids is 4. The van der Waals surface area contributed by atoms with Crippen molar-refractivity contribution >= 4 is 35.8 Å². The number of carboxylic acids is 2. The van der Waals surface area contributed by atoms with E-state index in [-0.39, 0.29) is 0 Å². The van der Waals surface area contributed by atoms with E-state index < -0.39 is 48.3 Å². The molecular formula is C8H6O11. The largest absolute Gasteiger partial charge is 0.473 e. The van der Waals surface area contributed by atoms with Crippen LogP contribution in [0.2, 0.25) is 0 Å². The Kier molecular flexibility index (Phi) is 5.79. The summed E-state index contributed by atoms with van der Waals surface area (Å²) < 4.78 is 7.23. The molecule has 0 amide bonds.